The van der Waals surface area contributed by atoms with Crippen LogP contribution in [-0.2, 0) is 11.3 Å². The Bertz CT molecular complexity index is 767. The summed E-state index contributed by atoms with van der Waals surface area (Å²) in [4.78, 5) is 17.1. The predicted molar refractivity (Wildman–Crippen MR) is 107 cm³/mol. The molecule has 0 bridgehead atoms. The molecule has 0 spiro atoms. The third kappa shape index (κ3) is 3.67. The lowest BCUT2D eigenvalue weighted by Crippen LogP contribution is -2.59. The maximum atomic E-state index is 12.7. The summed E-state index contributed by atoms with van der Waals surface area (Å²) in [6.45, 7) is 4.98. The van der Waals surface area contributed by atoms with Gasteiger partial charge >= 0.3 is 0 Å². The highest BCUT2D eigenvalue weighted by Gasteiger charge is 2.51. The van der Waals surface area contributed by atoms with Crippen molar-refractivity contribution in [3.05, 3.63) is 54.1 Å². The van der Waals surface area contributed by atoms with Crippen LogP contribution in [0, 0.1) is 11.8 Å². The number of hydrogen-bond donors (Lipinski definition) is 1. The van der Waals surface area contributed by atoms with Crippen LogP contribution in [0.4, 0.5) is 0 Å². The number of fused-ring (bicyclic) bond motifs is 1. The first-order chi connectivity index (χ1) is 13.1. The molecule has 0 aliphatic heterocycles. The third-order valence-electron chi connectivity index (χ3n) is 6.54. The molecule has 1 aromatic carbocycles. The van der Waals surface area contributed by atoms with Crippen molar-refractivity contribution in [3.63, 3.8) is 0 Å². The highest BCUT2D eigenvalue weighted by Crippen LogP contribution is 2.54. The molecule has 4 nitrogen and oxygen atoms in total. The SMILES string of the molecule is CC(C)c1nccn1CCC(=O)N[C@H]1[C@H]2CCCC[C@@H]2[C@@H]1c1ccccc1. The van der Waals surface area contributed by atoms with Crippen LogP contribution in [0.25, 0.3) is 0 Å². The zero-order valence-corrected chi connectivity index (χ0v) is 16.5. The van der Waals surface area contributed by atoms with Gasteiger partial charge in [0, 0.05) is 43.2 Å². The number of rotatable bonds is 6. The number of carbonyl (C=O) groups is 1. The number of nitrogens with one attached hydrogen (secondary N) is 1. The van der Waals surface area contributed by atoms with Gasteiger partial charge in [0.2, 0.25) is 5.91 Å². The Morgan fingerprint density at radius 1 is 1.19 bits per heavy atom. The standard InChI is InChI=1S/C23H31N3O/c1-16(2)23-24-13-15-26(23)14-12-20(27)25-22-19-11-7-6-10-18(19)21(22)17-8-4-3-5-9-17/h3-5,8-9,13,15-16,18-19,21-22H,6-7,10-12,14H2,1-2H3,(H,25,27)/t18-,19-,21-,22-/m0/s1. The van der Waals surface area contributed by atoms with Crippen molar-refractivity contribution in [3.8, 4) is 0 Å². The van der Waals surface area contributed by atoms with Crippen LogP contribution in [-0.4, -0.2) is 21.5 Å². The van der Waals surface area contributed by atoms with Gasteiger partial charge in [-0.2, -0.15) is 0 Å². The fraction of sp³-hybridized carbons (Fsp3) is 0.565. The minimum atomic E-state index is 0.174. The van der Waals surface area contributed by atoms with Crippen molar-refractivity contribution in [2.45, 2.75) is 70.4 Å². The molecule has 0 unspecified atom stereocenters. The van der Waals surface area contributed by atoms with Gasteiger partial charge in [-0.25, -0.2) is 4.98 Å². The van der Waals surface area contributed by atoms with E-state index < -0.39 is 0 Å². The molecule has 2 fully saturated rings. The molecular formula is C23H31N3O. The molecule has 2 aliphatic carbocycles. The molecule has 2 aromatic rings. The van der Waals surface area contributed by atoms with E-state index >= 15 is 0 Å². The summed E-state index contributed by atoms with van der Waals surface area (Å²) >= 11 is 0. The number of benzene rings is 1. The van der Waals surface area contributed by atoms with Crippen molar-refractivity contribution in [1.82, 2.24) is 14.9 Å². The Hall–Kier alpha value is -2.10. The first-order valence-electron chi connectivity index (χ1n) is 10.5. The van der Waals surface area contributed by atoms with Gasteiger partial charge in [0.15, 0.2) is 0 Å². The predicted octanol–water partition coefficient (Wildman–Crippen LogP) is 4.49. The molecule has 2 aliphatic rings. The Kier molecular flexibility index (Phi) is 5.33. The molecule has 0 saturated heterocycles. The van der Waals surface area contributed by atoms with Gasteiger partial charge in [0.05, 0.1) is 0 Å². The van der Waals surface area contributed by atoms with Crippen LogP contribution in [0.15, 0.2) is 42.7 Å². The lowest BCUT2D eigenvalue weighted by molar-refractivity contribution is -0.125. The van der Waals surface area contributed by atoms with Crippen LogP contribution >= 0.6 is 0 Å². The van der Waals surface area contributed by atoms with Gasteiger partial charge in [-0.15, -0.1) is 0 Å². The number of aryl methyl sites for hydroxylation is 1. The Morgan fingerprint density at radius 3 is 2.67 bits per heavy atom. The van der Waals surface area contributed by atoms with Gasteiger partial charge in [0.25, 0.3) is 0 Å². The summed E-state index contributed by atoms with van der Waals surface area (Å²) in [5, 5.41) is 3.40. The molecule has 4 atom stereocenters. The van der Waals surface area contributed by atoms with Crippen LogP contribution < -0.4 is 5.32 Å². The molecule has 0 radical (unpaired) electrons. The van der Waals surface area contributed by atoms with E-state index in [-0.39, 0.29) is 5.91 Å². The van der Waals surface area contributed by atoms with Crippen molar-refractivity contribution in [2.24, 2.45) is 11.8 Å². The molecule has 1 N–H and O–H groups in total. The van der Waals surface area contributed by atoms with E-state index in [4.69, 9.17) is 0 Å². The summed E-state index contributed by atoms with van der Waals surface area (Å²) in [7, 11) is 0. The van der Waals surface area contributed by atoms with Crippen LogP contribution in [0.5, 0.6) is 0 Å². The van der Waals surface area contributed by atoms with Gasteiger partial charge in [-0.05, 0) is 30.2 Å². The quantitative estimate of drug-likeness (QED) is 0.820. The van der Waals surface area contributed by atoms with E-state index in [0.29, 0.717) is 36.8 Å². The highest BCUT2D eigenvalue weighted by atomic mass is 16.1. The van der Waals surface area contributed by atoms with Gasteiger partial charge in [-0.1, -0.05) is 57.0 Å². The summed E-state index contributed by atoms with van der Waals surface area (Å²) in [6, 6.07) is 11.1. The number of amides is 1. The third-order valence-corrected chi connectivity index (χ3v) is 6.54. The van der Waals surface area contributed by atoms with E-state index in [9.17, 15) is 4.79 Å². The Balaban J connectivity index is 1.40. The van der Waals surface area contributed by atoms with Crippen LogP contribution in [0.1, 0.15) is 69.2 Å². The van der Waals surface area contributed by atoms with Crippen molar-refractivity contribution in [2.75, 3.05) is 0 Å². The lowest BCUT2D eigenvalue weighted by Gasteiger charge is -2.55. The number of imidazole rings is 1. The second-order valence-electron chi connectivity index (χ2n) is 8.53. The molecule has 4 heteroatoms. The molecule has 2 saturated carbocycles. The van der Waals surface area contributed by atoms with Gasteiger partial charge in [0.1, 0.15) is 5.82 Å². The fourth-order valence-corrected chi connectivity index (χ4v) is 5.28. The number of hydrogen-bond acceptors (Lipinski definition) is 2. The maximum Gasteiger partial charge on any atom is 0.222 e. The van der Waals surface area contributed by atoms with E-state index in [1.807, 2.05) is 12.4 Å². The largest absolute Gasteiger partial charge is 0.352 e. The van der Waals surface area contributed by atoms with Gasteiger partial charge < -0.3 is 9.88 Å². The zero-order valence-electron chi connectivity index (χ0n) is 16.5. The fourth-order valence-electron chi connectivity index (χ4n) is 5.28. The van der Waals surface area contributed by atoms with E-state index in [1.54, 1.807) is 0 Å². The van der Waals surface area contributed by atoms with E-state index in [1.165, 1.54) is 31.2 Å². The Morgan fingerprint density at radius 2 is 1.93 bits per heavy atom. The molecule has 1 amide bonds. The Labute approximate surface area is 162 Å². The number of aromatic nitrogens is 2. The second-order valence-corrected chi connectivity index (χ2v) is 8.53. The summed E-state index contributed by atoms with van der Waals surface area (Å²) < 4.78 is 2.11. The summed E-state index contributed by atoms with van der Waals surface area (Å²) in [5.41, 5.74) is 1.39. The topological polar surface area (TPSA) is 46.9 Å². The molecule has 4 rings (SSSR count). The van der Waals surface area contributed by atoms with Crippen LogP contribution in [0.3, 0.4) is 0 Å². The van der Waals surface area contributed by atoms with E-state index in [0.717, 1.165) is 11.7 Å². The molecule has 144 valence electrons. The second kappa shape index (κ2) is 7.87. The number of nitrogens with zero attached hydrogens (tertiary/aromatic N) is 2. The van der Waals surface area contributed by atoms with Crippen molar-refractivity contribution >= 4 is 5.91 Å². The smallest absolute Gasteiger partial charge is 0.222 e. The first-order valence-corrected chi connectivity index (χ1v) is 10.5. The molecule has 1 heterocycles. The van der Waals surface area contributed by atoms with Crippen molar-refractivity contribution < 1.29 is 4.79 Å². The minimum absolute atomic E-state index is 0.174. The molecule has 27 heavy (non-hydrogen) atoms. The van der Waals surface area contributed by atoms with Crippen LogP contribution in [0.2, 0.25) is 0 Å². The number of carbonyl (C=O) groups excluding carboxylic acids is 1. The molecular weight excluding hydrogens is 334 g/mol. The molecule has 1 aromatic heterocycles. The zero-order chi connectivity index (χ0) is 18.8. The summed E-state index contributed by atoms with van der Waals surface area (Å²) in [5.74, 6) is 3.49. The monoisotopic (exact) mass is 365 g/mol. The minimum Gasteiger partial charge on any atom is -0.352 e. The highest BCUT2D eigenvalue weighted by molar-refractivity contribution is 5.76. The average molecular weight is 366 g/mol. The maximum absolute atomic E-state index is 12.7. The first kappa shape index (κ1) is 18.3. The van der Waals surface area contributed by atoms with Crippen molar-refractivity contribution in [1.29, 1.82) is 0 Å². The lowest BCUT2D eigenvalue weighted by atomic mass is 9.53. The average Bonchev–Trinajstić information content (AvgIpc) is 3.15. The van der Waals surface area contributed by atoms with Gasteiger partial charge in [-0.3, -0.25) is 4.79 Å². The van der Waals surface area contributed by atoms with E-state index in [2.05, 4.69) is 59.0 Å². The summed E-state index contributed by atoms with van der Waals surface area (Å²) in [6.07, 6.45) is 9.55. The normalized spacial score (nSPS) is 27.1.